The molecule has 6 heteroatoms. The number of esters is 1. The number of hydrogen-bond donors (Lipinski definition) is 1. The number of anilines is 1. The van der Waals surface area contributed by atoms with Crippen molar-refractivity contribution in [1.29, 1.82) is 5.26 Å². The summed E-state index contributed by atoms with van der Waals surface area (Å²) < 4.78 is 5.03. The minimum atomic E-state index is -0.250. The Balaban J connectivity index is 1.93. The first-order valence-corrected chi connectivity index (χ1v) is 7.36. The van der Waals surface area contributed by atoms with Gasteiger partial charge in [-0.1, -0.05) is 0 Å². The number of carbonyl (C=O) groups is 2. The molecule has 22 heavy (non-hydrogen) atoms. The van der Waals surface area contributed by atoms with Crippen LogP contribution in [0.5, 0.6) is 0 Å². The molecule has 0 radical (unpaired) electrons. The fourth-order valence-corrected chi connectivity index (χ4v) is 2.44. The zero-order valence-electron chi connectivity index (χ0n) is 12.5. The molecular weight excluding hydrogens is 282 g/mol. The SMILES string of the molecule is CCOC(=O)C1CCCN(C(=O)Nc2ccc(C#N)cc2)C1. The van der Waals surface area contributed by atoms with Gasteiger partial charge >= 0.3 is 12.0 Å². The second kappa shape index (κ2) is 7.46. The maximum atomic E-state index is 12.2. The number of urea groups is 1. The highest BCUT2D eigenvalue weighted by Crippen LogP contribution is 2.19. The van der Waals surface area contributed by atoms with Gasteiger partial charge in [-0.3, -0.25) is 4.79 Å². The fourth-order valence-electron chi connectivity index (χ4n) is 2.44. The van der Waals surface area contributed by atoms with Crippen molar-refractivity contribution in [3.63, 3.8) is 0 Å². The molecule has 116 valence electrons. The number of benzene rings is 1. The second-order valence-electron chi connectivity index (χ2n) is 5.16. The normalized spacial score (nSPS) is 17.5. The molecule has 0 bridgehead atoms. The highest BCUT2D eigenvalue weighted by Gasteiger charge is 2.29. The zero-order valence-corrected chi connectivity index (χ0v) is 12.5. The van der Waals surface area contributed by atoms with Gasteiger partial charge in [0.15, 0.2) is 0 Å². The lowest BCUT2D eigenvalue weighted by molar-refractivity contribution is -0.149. The van der Waals surface area contributed by atoms with Gasteiger partial charge in [-0.05, 0) is 44.0 Å². The molecule has 0 saturated carbocycles. The van der Waals surface area contributed by atoms with Crippen LogP contribution in [0.4, 0.5) is 10.5 Å². The molecule has 1 N–H and O–H groups in total. The zero-order chi connectivity index (χ0) is 15.9. The molecule has 1 aliphatic rings. The van der Waals surface area contributed by atoms with Crippen LogP contribution in [0, 0.1) is 17.2 Å². The molecule has 1 heterocycles. The molecule has 1 atom stereocenters. The number of carbonyl (C=O) groups excluding carboxylic acids is 2. The van der Waals surface area contributed by atoms with Gasteiger partial charge in [0.05, 0.1) is 24.2 Å². The van der Waals surface area contributed by atoms with Crippen molar-refractivity contribution in [3.8, 4) is 6.07 Å². The average Bonchev–Trinajstić information content (AvgIpc) is 2.56. The summed E-state index contributed by atoms with van der Waals surface area (Å²) in [5.41, 5.74) is 1.17. The summed E-state index contributed by atoms with van der Waals surface area (Å²) in [6.07, 6.45) is 1.53. The van der Waals surface area contributed by atoms with E-state index in [0.29, 0.717) is 30.9 Å². The van der Waals surface area contributed by atoms with Gasteiger partial charge in [-0.25, -0.2) is 4.79 Å². The topological polar surface area (TPSA) is 82.4 Å². The molecule has 0 spiro atoms. The van der Waals surface area contributed by atoms with E-state index in [2.05, 4.69) is 5.32 Å². The number of likely N-dealkylation sites (tertiary alicyclic amines) is 1. The molecule has 6 nitrogen and oxygen atoms in total. The Kier molecular flexibility index (Phi) is 5.37. The van der Waals surface area contributed by atoms with Crippen LogP contribution in [-0.2, 0) is 9.53 Å². The van der Waals surface area contributed by atoms with Crippen molar-refractivity contribution in [3.05, 3.63) is 29.8 Å². The van der Waals surface area contributed by atoms with E-state index in [1.807, 2.05) is 6.07 Å². The van der Waals surface area contributed by atoms with Gasteiger partial charge in [-0.2, -0.15) is 5.26 Å². The number of amides is 2. The third-order valence-electron chi connectivity index (χ3n) is 3.59. The van der Waals surface area contributed by atoms with Crippen molar-refractivity contribution >= 4 is 17.7 Å². The van der Waals surface area contributed by atoms with Gasteiger partial charge in [0.2, 0.25) is 0 Å². The maximum Gasteiger partial charge on any atom is 0.321 e. The molecule has 1 aromatic carbocycles. The first-order chi connectivity index (χ1) is 10.6. The summed E-state index contributed by atoms with van der Waals surface area (Å²) in [6.45, 7) is 3.13. The molecule has 1 saturated heterocycles. The van der Waals surface area contributed by atoms with Crippen molar-refractivity contribution in [2.24, 2.45) is 5.92 Å². The lowest BCUT2D eigenvalue weighted by atomic mass is 9.98. The van der Waals surface area contributed by atoms with Crippen molar-refractivity contribution < 1.29 is 14.3 Å². The van der Waals surface area contributed by atoms with Crippen LogP contribution < -0.4 is 5.32 Å². The van der Waals surface area contributed by atoms with Crippen LogP contribution >= 0.6 is 0 Å². The van der Waals surface area contributed by atoms with E-state index in [0.717, 1.165) is 12.8 Å². The first-order valence-electron chi connectivity index (χ1n) is 7.36. The predicted octanol–water partition coefficient (Wildman–Crippen LogP) is 2.37. The highest BCUT2D eigenvalue weighted by molar-refractivity contribution is 5.89. The summed E-state index contributed by atoms with van der Waals surface area (Å²) in [7, 11) is 0. The average molecular weight is 301 g/mol. The maximum absolute atomic E-state index is 12.2. The van der Waals surface area contributed by atoms with E-state index < -0.39 is 0 Å². The summed E-state index contributed by atoms with van der Waals surface area (Å²) in [4.78, 5) is 25.7. The summed E-state index contributed by atoms with van der Waals surface area (Å²) in [6, 6.07) is 8.45. The largest absolute Gasteiger partial charge is 0.466 e. The third kappa shape index (κ3) is 3.98. The van der Waals surface area contributed by atoms with Crippen molar-refractivity contribution in [1.82, 2.24) is 4.90 Å². The monoisotopic (exact) mass is 301 g/mol. The molecule has 2 amide bonds. The standard InChI is InChI=1S/C16H19N3O3/c1-2-22-15(20)13-4-3-9-19(11-13)16(21)18-14-7-5-12(10-17)6-8-14/h5-8,13H,2-4,9,11H2,1H3,(H,18,21). The molecular formula is C16H19N3O3. The molecule has 1 aliphatic heterocycles. The van der Waals surface area contributed by atoms with Crippen LogP contribution in [-0.4, -0.2) is 36.6 Å². The predicted molar refractivity (Wildman–Crippen MR) is 81.1 cm³/mol. The molecule has 1 fully saturated rings. The van der Waals surface area contributed by atoms with Crippen molar-refractivity contribution in [2.75, 3.05) is 25.0 Å². The van der Waals surface area contributed by atoms with E-state index >= 15 is 0 Å². The van der Waals surface area contributed by atoms with Crippen LogP contribution in [0.1, 0.15) is 25.3 Å². The van der Waals surface area contributed by atoms with Crippen molar-refractivity contribution in [2.45, 2.75) is 19.8 Å². The number of piperidine rings is 1. The van der Waals surface area contributed by atoms with E-state index in [1.165, 1.54) is 0 Å². The van der Waals surface area contributed by atoms with E-state index in [4.69, 9.17) is 10.00 Å². The summed E-state index contributed by atoms with van der Waals surface area (Å²) >= 11 is 0. The van der Waals surface area contributed by atoms with Gasteiger partial charge in [0.25, 0.3) is 0 Å². The van der Waals surface area contributed by atoms with Crippen LogP contribution in [0.25, 0.3) is 0 Å². The third-order valence-corrected chi connectivity index (χ3v) is 3.59. The van der Waals surface area contributed by atoms with Gasteiger partial charge in [0, 0.05) is 18.8 Å². The quantitative estimate of drug-likeness (QED) is 0.869. The number of nitrogens with zero attached hydrogens (tertiary/aromatic N) is 2. The lowest BCUT2D eigenvalue weighted by Gasteiger charge is -2.31. The van der Waals surface area contributed by atoms with E-state index in [9.17, 15) is 9.59 Å². The number of ether oxygens (including phenoxy) is 1. The van der Waals surface area contributed by atoms with Gasteiger partial charge in [0.1, 0.15) is 0 Å². The number of nitriles is 1. The van der Waals surface area contributed by atoms with Gasteiger partial charge in [-0.15, -0.1) is 0 Å². The Morgan fingerprint density at radius 3 is 2.77 bits per heavy atom. The van der Waals surface area contributed by atoms with Crippen LogP contribution in [0.2, 0.25) is 0 Å². The Hall–Kier alpha value is -2.55. The lowest BCUT2D eigenvalue weighted by Crippen LogP contribution is -2.44. The Labute approximate surface area is 129 Å². The molecule has 0 aromatic heterocycles. The number of nitrogens with one attached hydrogen (secondary N) is 1. The highest BCUT2D eigenvalue weighted by atomic mass is 16.5. The van der Waals surface area contributed by atoms with Gasteiger partial charge < -0.3 is 15.0 Å². The number of rotatable bonds is 3. The minimum Gasteiger partial charge on any atom is -0.466 e. The summed E-state index contributed by atoms with van der Waals surface area (Å²) in [5.74, 6) is -0.487. The minimum absolute atomic E-state index is 0.237. The van der Waals surface area contributed by atoms with E-state index in [1.54, 1.807) is 36.1 Å². The van der Waals surface area contributed by atoms with E-state index in [-0.39, 0.29) is 17.9 Å². The second-order valence-corrected chi connectivity index (χ2v) is 5.16. The molecule has 1 unspecified atom stereocenters. The molecule has 2 rings (SSSR count). The fraction of sp³-hybridized carbons (Fsp3) is 0.438. The number of hydrogen-bond acceptors (Lipinski definition) is 4. The Morgan fingerprint density at radius 2 is 2.14 bits per heavy atom. The Bertz CT molecular complexity index is 577. The smallest absolute Gasteiger partial charge is 0.321 e. The molecule has 1 aromatic rings. The molecule has 0 aliphatic carbocycles. The first kappa shape index (κ1) is 15.8. The van der Waals surface area contributed by atoms with Crippen LogP contribution in [0.15, 0.2) is 24.3 Å². The van der Waals surface area contributed by atoms with Crippen LogP contribution in [0.3, 0.4) is 0 Å². The Morgan fingerprint density at radius 1 is 1.41 bits per heavy atom. The summed E-state index contributed by atoms with van der Waals surface area (Å²) in [5, 5.41) is 11.5.